The molecule has 9 heteroatoms. The van der Waals surface area contributed by atoms with Crippen LogP contribution < -0.4 is 15.8 Å². The fourth-order valence-electron chi connectivity index (χ4n) is 4.60. The second kappa shape index (κ2) is 9.21. The van der Waals surface area contributed by atoms with Crippen molar-refractivity contribution in [1.82, 2.24) is 15.1 Å². The van der Waals surface area contributed by atoms with Crippen LogP contribution in [0.4, 0.5) is 4.79 Å². The maximum absolute atomic E-state index is 13.4. The molecule has 0 radical (unpaired) electrons. The van der Waals surface area contributed by atoms with Gasteiger partial charge in [0.05, 0.1) is 19.7 Å². The van der Waals surface area contributed by atoms with Crippen LogP contribution in [0.15, 0.2) is 24.3 Å². The van der Waals surface area contributed by atoms with Crippen molar-refractivity contribution in [2.24, 2.45) is 11.7 Å². The number of hydrogen-bond acceptors (Lipinski definition) is 6. The minimum Gasteiger partial charge on any atom is -0.497 e. The molecule has 0 aliphatic carbocycles. The molecule has 9 nitrogen and oxygen atoms in total. The maximum atomic E-state index is 13.4. The van der Waals surface area contributed by atoms with Gasteiger partial charge in [-0.2, -0.15) is 0 Å². The Hall–Kier alpha value is -2.81. The Morgan fingerprint density at radius 1 is 1.24 bits per heavy atom. The lowest BCUT2D eigenvalue weighted by molar-refractivity contribution is -0.161. The van der Waals surface area contributed by atoms with Gasteiger partial charge in [0.1, 0.15) is 16.9 Å². The second-order valence-corrected chi connectivity index (χ2v) is 10.3. The van der Waals surface area contributed by atoms with Gasteiger partial charge in [0, 0.05) is 19.1 Å². The summed E-state index contributed by atoms with van der Waals surface area (Å²) in [5.41, 5.74) is 4.88. The van der Waals surface area contributed by atoms with Crippen molar-refractivity contribution in [2.75, 3.05) is 20.2 Å². The van der Waals surface area contributed by atoms with E-state index >= 15 is 0 Å². The van der Waals surface area contributed by atoms with Gasteiger partial charge in [-0.3, -0.25) is 14.5 Å². The average Bonchev–Trinajstić information content (AvgIpc) is 3.11. The molecule has 1 aromatic carbocycles. The summed E-state index contributed by atoms with van der Waals surface area (Å²) in [5.74, 6) is 0.169. The Bertz CT molecular complexity index is 895. The van der Waals surface area contributed by atoms with Crippen LogP contribution >= 0.6 is 0 Å². The number of benzene rings is 1. The van der Waals surface area contributed by atoms with Gasteiger partial charge in [-0.05, 0) is 50.8 Å². The summed E-state index contributed by atoms with van der Waals surface area (Å²) in [4.78, 5) is 41.6. The number of carbonyl (C=O) groups is 3. The van der Waals surface area contributed by atoms with Crippen molar-refractivity contribution in [3.8, 4) is 5.75 Å². The molecule has 0 aromatic heterocycles. The van der Waals surface area contributed by atoms with E-state index in [-0.39, 0.29) is 24.4 Å². The normalized spacial score (nSPS) is 23.6. The summed E-state index contributed by atoms with van der Waals surface area (Å²) in [7, 11) is 1.61. The molecule has 1 aromatic rings. The number of nitrogens with one attached hydrogen (secondary N) is 1. The number of β-lactam (4-membered cyclic amide) rings is 1. The van der Waals surface area contributed by atoms with Gasteiger partial charge < -0.3 is 25.4 Å². The van der Waals surface area contributed by atoms with Crippen LogP contribution in [-0.4, -0.2) is 71.1 Å². The molecule has 0 bridgehead atoms. The molecule has 33 heavy (non-hydrogen) atoms. The van der Waals surface area contributed by atoms with E-state index in [4.69, 9.17) is 15.2 Å². The summed E-state index contributed by atoms with van der Waals surface area (Å²) >= 11 is 0. The van der Waals surface area contributed by atoms with Gasteiger partial charge in [0.2, 0.25) is 5.91 Å². The van der Waals surface area contributed by atoms with Crippen LogP contribution in [0.5, 0.6) is 5.75 Å². The molecule has 0 saturated carbocycles. The summed E-state index contributed by atoms with van der Waals surface area (Å²) in [5, 5.41) is 3.28. The van der Waals surface area contributed by atoms with Gasteiger partial charge in [-0.15, -0.1) is 0 Å². The van der Waals surface area contributed by atoms with E-state index in [0.29, 0.717) is 19.5 Å². The van der Waals surface area contributed by atoms with Gasteiger partial charge in [-0.1, -0.05) is 26.0 Å². The van der Waals surface area contributed by atoms with Crippen LogP contribution in [0, 0.1) is 5.92 Å². The van der Waals surface area contributed by atoms with Crippen molar-refractivity contribution in [2.45, 2.75) is 70.8 Å². The molecule has 182 valence electrons. The van der Waals surface area contributed by atoms with Crippen molar-refractivity contribution in [1.29, 1.82) is 0 Å². The number of hydrogen-bond donors (Lipinski definition) is 2. The molecule has 3 atom stereocenters. The molecular weight excluding hydrogens is 424 g/mol. The van der Waals surface area contributed by atoms with E-state index in [1.165, 1.54) is 4.90 Å². The number of likely N-dealkylation sites (tertiary alicyclic amines) is 2. The number of carbonyl (C=O) groups excluding carboxylic acids is 3. The first-order chi connectivity index (χ1) is 15.4. The van der Waals surface area contributed by atoms with Crippen LogP contribution in [0.2, 0.25) is 0 Å². The lowest BCUT2D eigenvalue weighted by atomic mass is 9.84. The van der Waals surface area contributed by atoms with E-state index in [2.05, 4.69) is 5.32 Å². The molecule has 2 aliphatic rings. The Morgan fingerprint density at radius 3 is 2.36 bits per heavy atom. The van der Waals surface area contributed by atoms with Crippen molar-refractivity contribution in [3.05, 3.63) is 29.8 Å². The molecule has 2 saturated heterocycles. The smallest absolute Gasteiger partial charge is 0.411 e. The Kier molecular flexibility index (Phi) is 6.93. The predicted octanol–water partition coefficient (Wildman–Crippen LogP) is 1.89. The number of primary amides is 1. The lowest BCUT2D eigenvalue weighted by Gasteiger charge is -2.50. The standard InChI is InChI=1S/C24H36N4O5/c1-15(2)19(20(25)29)26-17-11-24(28(13-17)22(31)33-23(3,4)5)14-27(21(24)30)12-16-7-9-18(32-6)10-8-16/h7-10,15,17,19,26H,11-14H2,1-6H3,(H2,25,29)/t17?,19-,24?/m0/s1. The largest absolute Gasteiger partial charge is 0.497 e. The van der Waals surface area contributed by atoms with Gasteiger partial charge in [0.15, 0.2) is 0 Å². The monoisotopic (exact) mass is 460 g/mol. The first-order valence-corrected chi connectivity index (χ1v) is 11.3. The number of nitrogens with two attached hydrogens (primary N) is 1. The van der Waals surface area contributed by atoms with Crippen molar-refractivity contribution in [3.63, 3.8) is 0 Å². The molecule has 2 unspecified atom stereocenters. The van der Waals surface area contributed by atoms with E-state index in [1.807, 2.05) is 38.1 Å². The van der Waals surface area contributed by atoms with Crippen LogP contribution in [0.3, 0.4) is 0 Å². The van der Waals surface area contributed by atoms with Crippen molar-refractivity contribution < 1.29 is 23.9 Å². The Balaban J connectivity index is 1.78. The average molecular weight is 461 g/mol. The molecule has 2 fully saturated rings. The highest BCUT2D eigenvalue weighted by atomic mass is 16.6. The molecule has 2 heterocycles. The highest BCUT2D eigenvalue weighted by Gasteiger charge is 2.62. The number of nitrogens with zero attached hydrogens (tertiary/aromatic N) is 2. The first kappa shape index (κ1) is 24.8. The lowest BCUT2D eigenvalue weighted by Crippen LogP contribution is -2.72. The number of rotatable bonds is 7. The molecule has 3 amide bonds. The third kappa shape index (κ3) is 5.24. The zero-order valence-corrected chi connectivity index (χ0v) is 20.4. The van der Waals surface area contributed by atoms with E-state index in [9.17, 15) is 14.4 Å². The van der Waals surface area contributed by atoms with Crippen LogP contribution in [-0.2, 0) is 20.9 Å². The molecule has 3 N–H and O–H groups in total. The van der Waals surface area contributed by atoms with Gasteiger partial charge in [0.25, 0.3) is 5.91 Å². The van der Waals surface area contributed by atoms with Crippen LogP contribution in [0.25, 0.3) is 0 Å². The van der Waals surface area contributed by atoms with Gasteiger partial charge in [-0.25, -0.2) is 4.79 Å². The fraction of sp³-hybridized carbons (Fsp3) is 0.625. The topological polar surface area (TPSA) is 114 Å². The SMILES string of the molecule is COc1ccc(CN2CC3(CC(N[C@H](C(N)=O)C(C)C)CN3C(=O)OC(C)(C)C)C2=O)cc1. The molecule has 3 rings (SSSR count). The minimum atomic E-state index is -0.981. The second-order valence-electron chi connectivity index (χ2n) is 10.3. The van der Waals surface area contributed by atoms with Crippen LogP contribution in [0.1, 0.15) is 46.6 Å². The quantitative estimate of drug-likeness (QED) is 0.601. The number of methoxy groups -OCH3 is 1. The third-order valence-electron chi connectivity index (χ3n) is 6.18. The Labute approximate surface area is 195 Å². The highest BCUT2D eigenvalue weighted by Crippen LogP contribution is 2.41. The summed E-state index contributed by atoms with van der Waals surface area (Å²) in [6.45, 7) is 10.3. The molecule has 1 spiro atoms. The zero-order chi connectivity index (χ0) is 24.6. The molecule has 2 aliphatic heterocycles. The zero-order valence-electron chi connectivity index (χ0n) is 20.4. The van der Waals surface area contributed by atoms with E-state index in [1.54, 1.807) is 32.8 Å². The summed E-state index contributed by atoms with van der Waals surface area (Å²) < 4.78 is 10.8. The molecular formula is C24H36N4O5. The summed E-state index contributed by atoms with van der Waals surface area (Å²) in [6, 6.07) is 6.76. The highest BCUT2D eigenvalue weighted by molar-refractivity contribution is 5.96. The fourth-order valence-corrected chi connectivity index (χ4v) is 4.60. The Morgan fingerprint density at radius 2 is 1.88 bits per heavy atom. The number of ether oxygens (including phenoxy) is 2. The van der Waals surface area contributed by atoms with E-state index < -0.39 is 29.2 Å². The first-order valence-electron chi connectivity index (χ1n) is 11.3. The maximum Gasteiger partial charge on any atom is 0.411 e. The predicted molar refractivity (Wildman–Crippen MR) is 123 cm³/mol. The van der Waals surface area contributed by atoms with Crippen molar-refractivity contribution >= 4 is 17.9 Å². The van der Waals surface area contributed by atoms with E-state index in [0.717, 1.165) is 11.3 Å². The summed E-state index contributed by atoms with van der Waals surface area (Å²) in [6.07, 6.45) is -0.120. The van der Waals surface area contributed by atoms with Gasteiger partial charge >= 0.3 is 6.09 Å². The number of amides is 3. The minimum absolute atomic E-state index is 0.0160. The third-order valence-corrected chi connectivity index (χ3v) is 6.18.